The molecule has 1 heterocycles. The van der Waals surface area contributed by atoms with E-state index >= 15 is 0 Å². The molecular weight excluding hydrogens is 360 g/mol. The van der Waals surface area contributed by atoms with E-state index in [9.17, 15) is 9.59 Å². The number of aromatic amines is 1. The van der Waals surface area contributed by atoms with E-state index in [1.807, 2.05) is 26.0 Å². The molecule has 2 N–H and O–H groups in total. The molecule has 0 saturated heterocycles. The van der Waals surface area contributed by atoms with E-state index in [2.05, 4.69) is 15.3 Å². The first-order valence-corrected chi connectivity index (χ1v) is 8.88. The van der Waals surface area contributed by atoms with Gasteiger partial charge in [0.05, 0.1) is 10.9 Å². The number of hydrogen-bond donors (Lipinski definition) is 2. The van der Waals surface area contributed by atoms with Crippen molar-refractivity contribution in [3.63, 3.8) is 0 Å². The van der Waals surface area contributed by atoms with Gasteiger partial charge in [0.1, 0.15) is 11.6 Å². The van der Waals surface area contributed by atoms with E-state index in [1.54, 1.807) is 19.1 Å². The molecule has 1 atom stereocenters. The number of nitrogens with zero attached hydrogens (tertiary/aromatic N) is 2. The van der Waals surface area contributed by atoms with Crippen LogP contribution in [0.25, 0.3) is 0 Å². The average Bonchev–Trinajstić information content (AvgIpc) is 2.57. The molecule has 25 heavy (non-hydrogen) atoms. The maximum atomic E-state index is 12.3. The summed E-state index contributed by atoms with van der Waals surface area (Å²) in [5.74, 6) is -0.241. The Morgan fingerprint density at radius 2 is 2.24 bits per heavy atom. The monoisotopic (exact) mass is 376 g/mol. The van der Waals surface area contributed by atoms with Gasteiger partial charge in [0, 0.05) is 10.7 Å². The third kappa shape index (κ3) is 4.62. The SMILES string of the molecule is CCc1nc(S[C@@H](C)C(=O)Nc2ccc(C)c(Cl)c2)[nH]c(=O)c1C#N. The van der Waals surface area contributed by atoms with Gasteiger partial charge in [0.25, 0.3) is 5.56 Å². The van der Waals surface area contributed by atoms with Crippen molar-refractivity contribution in [2.45, 2.75) is 37.6 Å². The highest BCUT2D eigenvalue weighted by Gasteiger charge is 2.18. The first-order chi connectivity index (χ1) is 11.8. The normalized spacial score (nSPS) is 11.6. The Morgan fingerprint density at radius 1 is 1.52 bits per heavy atom. The summed E-state index contributed by atoms with van der Waals surface area (Å²) < 4.78 is 0. The van der Waals surface area contributed by atoms with Gasteiger partial charge in [-0.05, 0) is 38.0 Å². The summed E-state index contributed by atoms with van der Waals surface area (Å²) in [4.78, 5) is 31.0. The molecule has 1 aromatic carbocycles. The lowest BCUT2D eigenvalue weighted by atomic mass is 10.2. The second kappa shape index (κ2) is 8.19. The number of aryl methyl sites for hydroxylation is 2. The fourth-order valence-electron chi connectivity index (χ4n) is 2.06. The van der Waals surface area contributed by atoms with Gasteiger partial charge in [-0.2, -0.15) is 5.26 Å². The lowest BCUT2D eigenvalue weighted by Crippen LogP contribution is -2.24. The van der Waals surface area contributed by atoms with Crippen molar-refractivity contribution in [3.8, 4) is 6.07 Å². The molecule has 0 radical (unpaired) electrons. The summed E-state index contributed by atoms with van der Waals surface area (Å²) in [6, 6.07) is 7.13. The number of thioether (sulfide) groups is 1. The number of aromatic nitrogens is 2. The third-order valence-electron chi connectivity index (χ3n) is 3.52. The van der Waals surface area contributed by atoms with Crippen LogP contribution in [-0.4, -0.2) is 21.1 Å². The molecule has 2 aromatic rings. The number of carbonyl (C=O) groups excluding carboxylic acids is 1. The smallest absolute Gasteiger partial charge is 0.269 e. The van der Waals surface area contributed by atoms with E-state index in [-0.39, 0.29) is 11.5 Å². The van der Waals surface area contributed by atoms with Crippen molar-refractivity contribution < 1.29 is 4.79 Å². The van der Waals surface area contributed by atoms with E-state index < -0.39 is 10.8 Å². The minimum Gasteiger partial charge on any atom is -0.325 e. The third-order valence-corrected chi connectivity index (χ3v) is 4.91. The summed E-state index contributed by atoms with van der Waals surface area (Å²) in [5, 5.41) is 12.2. The first kappa shape index (κ1) is 19.0. The van der Waals surface area contributed by atoms with Crippen molar-refractivity contribution in [2.24, 2.45) is 0 Å². The van der Waals surface area contributed by atoms with Crippen molar-refractivity contribution in [1.82, 2.24) is 9.97 Å². The highest BCUT2D eigenvalue weighted by molar-refractivity contribution is 8.00. The number of rotatable bonds is 5. The topological polar surface area (TPSA) is 98.6 Å². The number of amides is 1. The zero-order valence-corrected chi connectivity index (χ0v) is 15.6. The van der Waals surface area contributed by atoms with Crippen LogP contribution in [-0.2, 0) is 11.2 Å². The number of anilines is 1. The molecule has 6 nitrogen and oxygen atoms in total. The molecule has 0 aliphatic rings. The number of hydrogen-bond acceptors (Lipinski definition) is 5. The molecule has 0 unspecified atom stereocenters. The van der Waals surface area contributed by atoms with Crippen molar-refractivity contribution in [3.05, 3.63) is 50.4 Å². The van der Waals surface area contributed by atoms with Gasteiger partial charge in [0.15, 0.2) is 5.16 Å². The van der Waals surface area contributed by atoms with E-state index in [4.69, 9.17) is 16.9 Å². The van der Waals surface area contributed by atoms with Crippen molar-refractivity contribution in [2.75, 3.05) is 5.32 Å². The predicted octanol–water partition coefficient (Wildman–Crippen LogP) is 3.29. The Morgan fingerprint density at radius 3 is 2.84 bits per heavy atom. The van der Waals surface area contributed by atoms with Gasteiger partial charge in [-0.25, -0.2) is 4.98 Å². The van der Waals surface area contributed by atoms with Gasteiger partial charge in [-0.1, -0.05) is 36.4 Å². The fraction of sp³-hybridized carbons (Fsp3) is 0.294. The first-order valence-electron chi connectivity index (χ1n) is 7.62. The Hall–Kier alpha value is -2.30. The van der Waals surface area contributed by atoms with Crippen LogP contribution < -0.4 is 10.9 Å². The van der Waals surface area contributed by atoms with Crippen LogP contribution in [0.1, 0.15) is 30.7 Å². The van der Waals surface area contributed by atoms with Gasteiger partial charge in [-0.15, -0.1) is 0 Å². The van der Waals surface area contributed by atoms with E-state index in [0.717, 1.165) is 17.3 Å². The number of nitrogens with one attached hydrogen (secondary N) is 2. The summed E-state index contributed by atoms with van der Waals surface area (Å²) in [7, 11) is 0. The Kier molecular flexibility index (Phi) is 6.23. The molecule has 0 bridgehead atoms. The Balaban J connectivity index is 2.13. The minimum atomic E-state index is -0.499. The summed E-state index contributed by atoms with van der Waals surface area (Å²) in [6.07, 6.45) is 0.461. The molecule has 0 aliphatic carbocycles. The highest BCUT2D eigenvalue weighted by atomic mass is 35.5. The lowest BCUT2D eigenvalue weighted by Gasteiger charge is -2.12. The molecule has 8 heteroatoms. The van der Waals surface area contributed by atoms with Crippen LogP contribution in [0.2, 0.25) is 5.02 Å². The molecule has 2 rings (SSSR count). The highest BCUT2D eigenvalue weighted by Crippen LogP contribution is 2.23. The van der Waals surface area contributed by atoms with Gasteiger partial charge < -0.3 is 10.3 Å². The number of halogens is 1. The maximum absolute atomic E-state index is 12.3. The molecule has 0 spiro atoms. The van der Waals surface area contributed by atoms with Gasteiger partial charge in [0.2, 0.25) is 5.91 Å². The number of H-pyrrole nitrogens is 1. The minimum absolute atomic E-state index is 0.0123. The van der Waals surface area contributed by atoms with Crippen LogP contribution in [0, 0.1) is 18.3 Å². The number of nitriles is 1. The second-order valence-electron chi connectivity index (χ2n) is 5.37. The van der Waals surface area contributed by atoms with Gasteiger partial charge in [-0.3, -0.25) is 9.59 Å². The number of benzene rings is 1. The predicted molar refractivity (Wildman–Crippen MR) is 99.1 cm³/mol. The molecule has 0 fully saturated rings. The lowest BCUT2D eigenvalue weighted by molar-refractivity contribution is -0.115. The molecule has 0 saturated carbocycles. The zero-order valence-electron chi connectivity index (χ0n) is 14.0. The second-order valence-corrected chi connectivity index (χ2v) is 7.11. The molecule has 1 amide bonds. The average molecular weight is 377 g/mol. The van der Waals surface area contributed by atoms with Crippen LogP contribution in [0.5, 0.6) is 0 Å². The summed E-state index contributed by atoms with van der Waals surface area (Å²) in [5.41, 5.74) is 1.47. The maximum Gasteiger partial charge on any atom is 0.269 e. The standard InChI is InChI=1S/C17H17ClN4O2S/c1-4-14-12(8-19)16(24)22-17(21-14)25-10(3)15(23)20-11-6-5-9(2)13(18)7-11/h5-7,10H,4H2,1-3H3,(H,20,23)(H,21,22,24)/t10-/m0/s1. The number of carbonyl (C=O) groups is 1. The van der Waals surface area contributed by atoms with Crippen molar-refractivity contribution in [1.29, 1.82) is 5.26 Å². The summed E-state index contributed by atoms with van der Waals surface area (Å²) >= 11 is 7.17. The quantitative estimate of drug-likeness (QED) is 0.616. The van der Waals surface area contributed by atoms with Crippen LogP contribution in [0.15, 0.2) is 28.2 Å². The summed E-state index contributed by atoms with van der Waals surface area (Å²) in [6.45, 7) is 5.40. The van der Waals surface area contributed by atoms with E-state index in [1.165, 1.54) is 0 Å². The van der Waals surface area contributed by atoms with Crippen molar-refractivity contribution >= 4 is 35.0 Å². The fourth-order valence-corrected chi connectivity index (χ4v) is 3.06. The zero-order chi connectivity index (χ0) is 18.6. The van der Waals surface area contributed by atoms with Crippen LogP contribution in [0.4, 0.5) is 5.69 Å². The largest absolute Gasteiger partial charge is 0.325 e. The molecule has 130 valence electrons. The van der Waals surface area contributed by atoms with E-state index in [0.29, 0.717) is 28.0 Å². The Labute approximate surface area is 154 Å². The van der Waals surface area contributed by atoms with Gasteiger partial charge >= 0.3 is 0 Å². The Bertz CT molecular complexity index is 904. The van der Waals surface area contributed by atoms with Crippen LogP contribution >= 0.6 is 23.4 Å². The van der Waals surface area contributed by atoms with Crippen LogP contribution in [0.3, 0.4) is 0 Å². The molecular formula is C17H17ClN4O2S. The molecule has 1 aromatic heterocycles. The molecule has 0 aliphatic heterocycles.